The fourth-order valence-corrected chi connectivity index (χ4v) is 1.55. The average Bonchev–Trinajstić information content (AvgIpc) is 2.04. The fraction of sp³-hybridized carbons (Fsp3) is 0.571. The van der Waals surface area contributed by atoms with Crippen LogP contribution < -0.4 is 0 Å². The highest BCUT2D eigenvalue weighted by molar-refractivity contribution is 7.53. The second kappa shape index (κ2) is 4.56. The third kappa shape index (κ3) is 3.72. The lowest BCUT2D eigenvalue weighted by Crippen LogP contribution is -2.10. The number of carboxylic acids is 1. The van der Waals surface area contributed by atoms with E-state index >= 15 is 0 Å². The number of hydrogen-bond acceptors (Lipinski definition) is 3. The summed E-state index contributed by atoms with van der Waals surface area (Å²) < 4.78 is 15.5. The highest BCUT2D eigenvalue weighted by Gasteiger charge is 2.28. The van der Waals surface area contributed by atoms with Crippen molar-refractivity contribution in [2.24, 2.45) is 0 Å². The summed E-state index contributed by atoms with van der Waals surface area (Å²) in [6.07, 6.45) is -0.0586. The standard InChI is InChI=1S/C7H13O5P/c1-5(7(8)9)4-6(2)13(10,11)12-3/h6H,1,4H2,2-3H3,(H,8,9)(H,10,11). The topological polar surface area (TPSA) is 83.8 Å². The number of carbonyl (C=O) groups is 1. The molecule has 2 N–H and O–H groups in total. The molecule has 76 valence electrons. The Balaban J connectivity index is 4.32. The SMILES string of the molecule is C=C(CC(C)P(=O)(O)OC)C(=O)O. The van der Waals surface area contributed by atoms with Crippen LogP contribution in [0.15, 0.2) is 12.2 Å². The molecule has 0 aromatic rings. The van der Waals surface area contributed by atoms with Crippen molar-refractivity contribution < 1.29 is 23.9 Å². The van der Waals surface area contributed by atoms with E-state index in [0.717, 1.165) is 7.11 Å². The van der Waals surface area contributed by atoms with Gasteiger partial charge in [-0.1, -0.05) is 13.5 Å². The van der Waals surface area contributed by atoms with E-state index < -0.39 is 19.2 Å². The van der Waals surface area contributed by atoms with Gasteiger partial charge in [-0.05, 0) is 6.42 Å². The summed E-state index contributed by atoms with van der Waals surface area (Å²) in [6, 6.07) is 0. The van der Waals surface area contributed by atoms with Crippen molar-refractivity contribution >= 4 is 13.6 Å². The van der Waals surface area contributed by atoms with E-state index in [1.54, 1.807) is 0 Å². The molecule has 0 rings (SSSR count). The first-order chi connectivity index (χ1) is 5.81. The molecule has 0 aliphatic rings. The van der Waals surface area contributed by atoms with Crippen LogP contribution in [0.3, 0.4) is 0 Å². The minimum atomic E-state index is -3.68. The van der Waals surface area contributed by atoms with Gasteiger partial charge >= 0.3 is 13.6 Å². The first kappa shape index (κ1) is 12.4. The van der Waals surface area contributed by atoms with Gasteiger partial charge in [-0.3, -0.25) is 4.57 Å². The maximum absolute atomic E-state index is 11.1. The zero-order valence-electron chi connectivity index (χ0n) is 7.56. The normalized spacial score (nSPS) is 17.5. The molecule has 0 radical (unpaired) electrons. The number of rotatable bonds is 5. The lowest BCUT2D eigenvalue weighted by Gasteiger charge is -2.16. The van der Waals surface area contributed by atoms with Crippen LogP contribution in [-0.4, -0.2) is 28.7 Å². The molecule has 0 amide bonds. The van der Waals surface area contributed by atoms with Gasteiger partial charge in [0.15, 0.2) is 0 Å². The highest BCUT2D eigenvalue weighted by atomic mass is 31.2. The summed E-state index contributed by atoms with van der Waals surface area (Å²) in [5, 5.41) is 8.46. The van der Waals surface area contributed by atoms with E-state index in [2.05, 4.69) is 11.1 Å². The van der Waals surface area contributed by atoms with E-state index in [1.807, 2.05) is 0 Å². The summed E-state index contributed by atoms with van der Waals surface area (Å²) >= 11 is 0. The molecule has 5 nitrogen and oxygen atoms in total. The summed E-state index contributed by atoms with van der Waals surface area (Å²) in [5.41, 5.74) is -0.847. The van der Waals surface area contributed by atoms with E-state index in [4.69, 9.17) is 10.00 Å². The van der Waals surface area contributed by atoms with Gasteiger partial charge in [0, 0.05) is 12.7 Å². The second-order valence-electron chi connectivity index (χ2n) is 2.71. The first-order valence-corrected chi connectivity index (χ1v) is 5.25. The summed E-state index contributed by atoms with van der Waals surface area (Å²) in [6.45, 7) is 4.70. The van der Waals surface area contributed by atoms with Gasteiger partial charge in [-0.15, -0.1) is 0 Å². The Morgan fingerprint density at radius 3 is 2.46 bits per heavy atom. The molecule has 0 heterocycles. The molecule has 0 bridgehead atoms. The predicted molar refractivity (Wildman–Crippen MR) is 47.7 cm³/mol. The van der Waals surface area contributed by atoms with Crippen molar-refractivity contribution in [2.75, 3.05) is 7.11 Å². The number of hydrogen-bond donors (Lipinski definition) is 2. The van der Waals surface area contributed by atoms with Crippen molar-refractivity contribution in [2.45, 2.75) is 19.0 Å². The fourth-order valence-electron chi connectivity index (χ4n) is 0.739. The first-order valence-electron chi connectivity index (χ1n) is 3.60. The van der Waals surface area contributed by atoms with Gasteiger partial charge < -0.3 is 14.5 Å². The van der Waals surface area contributed by atoms with Gasteiger partial charge in [-0.2, -0.15) is 0 Å². The highest BCUT2D eigenvalue weighted by Crippen LogP contribution is 2.48. The van der Waals surface area contributed by atoms with E-state index in [0.29, 0.717) is 0 Å². The van der Waals surface area contributed by atoms with Crippen molar-refractivity contribution in [3.05, 3.63) is 12.2 Å². The van der Waals surface area contributed by atoms with E-state index in [-0.39, 0.29) is 12.0 Å². The summed E-state index contributed by atoms with van der Waals surface area (Å²) in [4.78, 5) is 19.5. The molecular weight excluding hydrogens is 195 g/mol. The Morgan fingerprint density at radius 1 is 1.69 bits per heavy atom. The molecule has 0 saturated heterocycles. The molecule has 0 aliphatic heterocycles. The van der Waals surface area contributed by atoms with Crippen molar-refractivity contribution in [1.29, 1.82) is 0 Å². The third-order valence-corrected chi connectivity index (χ3v) is 3.48. The van der Waals surface area contributed by atoms with Crippen LogP contribution >= 0.6 is 7.60 Å². The van der Waals surface area contributed by atoms with Crippen LogP contribution in [0.5, 0.6) is 0 Å². The maximum atomic E-state index is 11.1. The van der Waals surface area contributed by atoms with Crippen LogP contribution in [0.1, 0.15) is 13.3 Å². The molecule has 0 aromatic carbocycles. The Hall–Kier alpha value is -0.640. The summed E-state index contributed by atoms with van der Waals surface area (Å²) in [5.74, 6) is -1.16. The Bertz CT molecular complexity index is 260. The number of carboxylic acid groups (broad SMARTS) is 1. The molecule has 2 atom stereocenters. The largest absolute Gasteiger partial charge is 0.478 e. The van der Waals surface area contributed by atoms with Crippen LogP contribution in [0.2, 0.25) is 0 Å². The van der Waals surface area contributed by atoms with Crippen molar-refractivity contribution in [3.63, 3.8) is 0 Å². The predicted octanol–water partition coefficient (Wildman–Crippen LogP) is 1.24. The van der Waals surface area contributed by atoms with Crippen molar-refractivity contribution in [1.82, 2.24) is 0 Å². The smallest absolute Gasteiger partial charge is 0.330 e. The Morgan fingerprint density at radius 2 is 2.15 bits per heavy atom. The molecule has 0 spiro atoms. The van der Waals surface area contributed by atoms with E-state index in [9.17, 15) is 9.36 Å². The molecule has 0 aromatic heterocycles. The molecule has 0 aliphatic carbocycles. The molecule has 2 unspecified atom stereocenters. The summed E-state index contributed by atoms with van der Waals surface area (Å²) in [7, 11) is -2.57. The average molecular weight is 208 g/mol. The monoisotopic (exact) mass is 208 g/mol. The lowest BCUT2D eigenvalue weighted by atomic mass is 10.2. The van der Waals surface area contributed by atoms with Gasteiger partial charge in [0.2, 0.25) is 0 Å². The van der Waals surface area contributed by atoms with Crippen LogP contribution in [0.4, 0.5) is 0 Å². The maximum Gasteiger partial charge on any atom is 0.330 e. The zero-order chi connectivity index (χ0) is 10.6. The van der Waals surface area contributed by atoms with Gasteiger partial charge in [0.05, 0.1) is 5.66 Å². The molecule has 6 heteroatoms. The van der Waals surface area contributed by atoms with Crippen LogP contribution in [-0.2, 0) is 13.9 Å². The van der Waals surface area contributed by atoms with Crippen LogP contribution in [0.25, 0.3) is 0 Å². The molecule has 0 fully saturated rings. The van der Waals surface area contributed by atoms with E-state index in [1.165, 1.54) is 6.92 Å². The molecule has 0 saturated carbocycles. The van der Waals surface area contributed by atoms with Gasteiger partial charge in [0.1, 0.15) is 0 Å². The van der Waals surface area contributed by atoms with Crippen LogP contribution in [0, 0.1) is 0 Å². The third-order valence-electron chi connectivity index (χ3n) is 1.66. The minimum absolute atomic E-state index is 0.0586. The Labute approximate surface area is 76.6 Å². The lowest BCUT2D eigenvalue weighted by molar-refractivity contribution is -0.132. The zero-order valence-corrected chi connectivity index (χ0v) is 8.45. The minimum Gasteiger partial charge on any atom is -0.478 e. The number of aliphatic carboxylic acids is 1. The van der Waals surface area contributed by atoms with Gasteiger partial charge in [0.25, 0.3) is 0 Å². The molecular formula is C7H13O5P. The quantitative estimate of drug-likeness (QED) is 0.524. The van der Waals surface area contributed by atoms with Gasteiger partial charge in [-0.25, -0.2) is 4.79 Å². The Kier molecular flexibility index (Phi) is 4.33. The van der Waals surface area contributed by atoms with Crippen molar-refractivity contribution in [3.8, 4) is 0 Å². The molecule has 13 heavy (non-hydrogen) atoms. The second-order valence-corrected chi connectivity index (χ2v) is 5.08.